The van der Waals surface area contributed by atoms with Crippen molar-refractivity contribution >= 4 is 11.0 Å². The van der Waals surface area contributed by atoms with Crippen LogP contribution in [-0.4, -0.2) is 14.1 Å². The molecule has 2 heterocycles. The molecule has 0 N–H and O–H groups in total. The molecular weight excluding hydrogens is 272 g/mol. The zero-order valence-corrected chi connectivity index (χ0v) is 12.2. The summed E-state index contributed by atoms with van der Waals surface area (Å²) >= 11 is 0. The van der Waals surface area contributed by atoms with E-state index in [-0.39, 0.29) is 11.5 Å². The predicted octanol–water partition coefficient (Wildman–Crippen LogP) is -0.0128. The Morgan fingerprint density at radius 2 is 1.71 bits per heavy atom. The van der Waals surface area contributed by atoms with Crippen molar-refractivity contribution in [1.82, 2.24) is 14.1 Å². The molecule has 0 amide bonds. The van der Waals surface area contributed by atoms with Gasteiger partial charge in [0, 0.05) is 20.2 Å². The Hall–Kier alpha value is -2.70. The van der Waals surface area contributed by atoms with Gasteiger partial charge in [-0.05, 0) is 31.0 Å². The SMILES string of the molecule is Cc1cc2c(cc1C)[n+]([O-])c1c(=O)n(C)c(=O)nc-1n2C. The second-order valence-corrected chi connectivity index (χ2v) is 5.21. The molecule has 0 spiro atoms. The molecule has 7 heteroatoms. The second-order valence-electron chi connectivity index (χ2n) is 5.21. The van der Waals surface area contributed by atoms with Crippen molar-refractivity contribution in [3.05, 3.63) is 49.3 Å². The van der Waals surface area contributed by atoms with Gasteiger partial charge in [0.05, 0.1) is 0 Å². The van der Waals surface area contributed by atoms with E-state index >= 15 is 0 Å². The van der Waals surface area contributed by atoms with E-state index in [9.17, 15) is 14.8 Å². The van der Waals surface area contributed by atoms with Crippen LogP contribution in [0.2, 0.25) is 0 Å². The summed E-state index contributed by atoms with van der Waals surface area (Å²) in [4.78, 5) is 27.8. The molecule has 0 saturated heterocycles. The lowest BCUT2D eigenvalue weighted by atomic mass is 10.1. The third-order valence-corrected chi connectivity index (χ3v) is 3.90. The van der Waals surface area contributed by atoms with Crippen LogP contribution in [0.25, 0.3) is 22.6 Å². The average Bonchev–Trinajstić information content (AvgIpc) is 2.44. The minimum Gasteiger partial charge on any atom is -0.618 e. The number of aryl methyl sites for hydroxylation is 3. The molecule has 0 fully saturated rings. The van der Waals surface area contributed by atoms with Crippen LogP contribution in [0.3, 0.4) is 0 Å². The van der Waals surface area contributed by atoms with E-state index in [2.05, 4.69) is 4.98 Å². The summed E-state index contributed by atoms with van der Waals surface area (Å²) in [7, 11) is 2.99. The lowest BCUT2D eigenvalue weighted by Gasteiger charge is -2.15. The summed E-state index contributed by atoms with van der Waals surface area (Å²) in [5.74, 6) is 0.0915. The van der Waals surface area contributed by atoms with Crippen molar-refractivity contribution in [2.45, 2.75) is 13.8 Å². The molecule has 2 aliphatic heterocycles. The normalized spacial score (nSPS) is 11.4. The quantitative estimate of drug-likeness (QED) is 0.330. The fourth-order valence-corrected chi connectivity index (χ4v) is 2.42. The lowest BCUT2D eigenvalue weighted by Crippen LogP contribution is -2.45. The molecule has 0 aromatic heterocycles. The van der Waals surface area contributed by atoms with E-state index < -0.39 is 11.2 Å². The summed E-state index contributed by atoms with van der Waals surface area (Å²) in [5.41, 5.74) is 1.53. The summed E-state index contributed by atoms with van der Waals surface area (Å²) in [5, 5.41) is 12.5. The number of rotatable bonds is 0. The molecule has 7 nitrogen and oxygen atoms in total. The Balaban J connectivity index is 2.70. The molecule has 3 rings (SSSR count). The largest absolute Gasteiger partial charge is 0.618 e. The molecule has 0 unspecified atom stereocenters. The Morgan fingerprint density at radius 1 is 1.10 bits per heavy atom. The number of hydrogen-bond acceptors (Lipinski definition) is 4. The number of fused-ring (bicyclic) bond motifs is 2. The summed E-state index contributed by atoms with van der Waals surface area (Å²) in [6, 6.07) is 3.59. The Morgan fingerprint density at radius 3 is 2.38 bits per heavy atom. The van der Waals surface area contributed by atoms with E-state index in [0.717, 1.165) is 15.7 Å². The standard InChI is InChI=1S/C14H14N4O3/c1-7-5-9-10(6-8(7)2)18(21)11-12(16(9)3)15-14(20)17(4)13(11)19/h5-6H,1-4H3. The van der Waals surface area contributed by atoms with Crippen molar-refractivity contribution in [2.75, 3.05) is 0 Å². The highest BCUT2D eigenvalue weighted by Gasteiger charge is 2.27. The van der Waals surface area contributed by atoms with Crippen LogP contribution in [0, 0.1) is 19.1 Å². The minimum absolute atomic E-state index is 0.0915. The summed E-state index contributed by atoms with van der Waals surface area (Å²) in [6.45, 7) is 3.83. The van der Waals surface area contributed by atoms with Crippen molar-refractivity contribution in [3.63, 3.8) is 0 Å². The molecule has 0 aliphatic carbocycles. The maximum absolute atomic E-state index is 12.5. The first kappa shape index (κ1) is 13.3. The van der Waals surface area contributed by atoms with Gasteiger partial charge in [-0.15, -0.1) is 0 Å². The number of nitrogens with zero attached hydrogens (tertiary/aromatic N) is 4. The van der Waals surface area contributed by atoms with E-state index in [4.69, 9.17) is 0 Å². The topological polar surface area (TPSA) is 83.8 Å². The number of hydrogen-bond donors (Lipinski definition) is 0. The smallest absolute Gasteiger partial charge is 0.352 e. The molecule has 0 saturated carbocycles. The molecule has 0 atom stereocenters. The highest BCUT2D eigenvalue weighted by atomic mass is 16.5. The molecule has 0 bridgehead atoms. The minimum atomic E-state index is -0.675. The second kappa shape index (κ2) is 4.15. The highest BCUT2D eigenvalue weighted by molar-refractivity contribution is 5.77. The Labute approximate surface area is 119 Å². The van der Waals surface area contributed by atoms with Crippen molar-refractivity contribution in [3.8, 4) is 11.5 Å². The molecule has 108 valence electrons. The third kappa shape index (κ3) is 1.67. The van der Waals surface area contributed by atoms with Crippen LogP contribution in [0.15, 0.2) is 21.7 Å². The first-order valence-electron chi connectivity index (χ1n) is 6.43. The van der Waals surface area contributed by atoms with Gasteiger partial charge in [-0.2, -0.15) is 9.71 Å². The zero-order valence-electron chi connectivity index (χ0n) is 12.2. The molecule has 1 aromatic rings. The van der Waals surface area contributed by atoms with E-state index in [0.29, 0.717) is 15.8 Å². The van der Waals surface area contributed by atoms with Gasteiger partial charge < -0.3 is 9.77 Å². The molecule has 1 aromatic carbocycles. The first-order chi connectivity index (χ1) is 9.82. The van der Waals surface area contributed by atoms with Gasteiger partial charge >= 0.3 is 16.9 Å². The van der Waals surface area contributed by atoms with Gasteiger partial charge in [-0.1, -0.05) is 0 Å². The van der Waals surface area contributed by atoms with Gasteiger partial charge in [0.2, 0.25) is 11.3 Å². The molecule has 21 heavy (non-hydrogen) atoms. The predicted molar refractivity (Wildman–Crippen MR) is 77.3 cm³/mol. The monoisotopic (exact) mass is 286 g/mol. The van der Waals surface area contributed by atoms with Gasteiger partial charge in [0.15, 0.2) is 0 Å². The fourth-order valence-electron chi connectivity index (χ4n) is 2.42. The van der Waals surface area contributed by atoms with Gasteiger partial charge in [0.1, 0.15) is 5.52 Å². The fraction of sp³-hybridized carbons (Fsp3) is 0.286. The number of benzene rings is 1. The van der Waals surface area contributed by atoms with Crippen molar-refractivity contribution in [1.29, 1.82) is 0 Å². The van der Waals surface area contributed by atoms with Crippen LogP contribution in [0.1, 0.15) is 11.1 Å². The van der Waals surface area contributed by atoms with Crippen LogP contribution < -0.4 is 16.0 Å². The molecule has 0 radical (unpaired) electrons. The van der Waals surface area contributed by atoms with E-state index in [1.165, 1.54) is 7.05 Å². The molecule has 2 aliphatic rings. The first-order valence-corrected chi connectivity index (χ1v) is 6.43. The maximum Gasteiger partial charge on any atom is 0.352 e. The van der Waals surface area contributed by atoms with Crippen LogP contribution in [0.5, 0.6) is 0 Å². The van der Waals surface area contributed by atoms with Crippen LogP contribution in [0.4, 0.5) is 0 Å². The summed E-state index contributed by atoms with van der Waals surface area (Å²) < 4.78 is 3.00. The van der Waals surface area contributed by atoms with Crippen LogP contribution >= 0.6 is 0 Å². The zero-order chi connectivity index (χ0) is 15.5. The van der Waals surface area contributed by atoms with E-state index in [1.54, 1.807) is 17.7 Å². The molecular formula is C14H14N4O3. The van der Waals surface area contributed by atoms with Crippen molar-refractivity contribution < 1.29 is 4.73 Å². The van der Waals surface area contributed by atoms with E-state index in [1.807, 2.05) is 19.9 Å². The highest BCUT2D eigenvalue weighted by Crippen LogP contribution is 2.20. The summed E-state index contributed by atoms with van der Waals surface area (Å²) in [6.07, 6.45) is 0. The maximum atomic E-state index is 12.5. The van der Waals surface area contributed by atoms with Gasteiger partial charge in [-0.25, -0.2) is 4.79 Å². The Kier molecular flexibility index (Phi) is 2.62. The Bertz CT molecular complexity index is 984. The van der Waals surface area contributed by atoms with Gasteiger partial charge in [-0.3, -0.25) is 9.36 Å². The van der Waals surface area contributed by atoms with Crippen molar-refractivity contribution in [2.24, 2.45) is 14.1 Å². The van der Waals surface area contributed by atoms with Crippen LogP contribution in [-0.2, 0) is 14.1 Å². The average molecular weight is 286 g/mol. The number of aromatic nitrogens is 4. The van der Waals surface area contributed by atoms with Gasteiger partial charge in [0.25, 0.3) is 0 Å². The third-order valence-electron chi connectivity index (χ3n) is 3.90. The lowest BCUT2D eigenvalue weighted by molar-refractivity contribution is -0.567.